The summed E-state index contributed by atoms with van der Waals surface area (Å²) in [6.45, 7) is 3.87. The highest BCUT2D eigenvalue weighted by Crippen LogP contribution is 2.25. The molecule has 0 bridgehead atoms. The number of rotatable bonds is 8. The second-order valence-corrected chi connectivity index (χ2v) is 5.76. The van der Waals surface area contributed by atoms with Crippen LogP contribution in [0.5, 0.6) is 0 Å². The number of anilines is 1. The third-order valence-electron chi connectivity index (χ3n) is 4.04. The summed E-state index contributed by atoms with van der Waals surface area (Å²) >= 11 is 0. The van der Waals surface area contributed by atoms with Crippen molar-refractivity contribution in [3.63, 3.8) is 0 Å². The van der Waals surface area contributed by atoms with Gasteiger partial charge in [0.1, 0.15) is 0 Å². The average Bonchev–Trinajstić information content (AvgIpc) is 2.75. The molecule has 0 radical (unpaired) electrons. The number of amides is 1. The van der Waals surface area contributed by atoms with Gasteiger partial charge in [0, 0.05) is 24.3 Å². The molecule has 20 heavy (non-hydrogen) atoms. The summed E-state index contributed by atoms with van der Waals surface area (Å²) in [4.78, 5) is 14.2. The van der Waals surface area contributed by atoms with Gasteiger partial charge >= 0.3 is 0 Å². The number of nitrogen functional groups attached to an aromatic ring is 1. The van der Waals surface area contributed by atoms with Gasteiger partial charge in [0.2, 0.25) is 0 Å². The predicted molar refractivity (Wildman–Crippen MR) is 83.6 cm³/mol. The number of hydrogen-bond donors (Lipinski definition) is 1. The molecule has 3 nitrogen and oxygen atoms in total. The van der Waals surface area contributed by atoms with Crippen LogP contribution >= 0.6 is 0 Å². The summed E-state index contributed by atoms with van der Waals surface area (Å²) in [5.74, 6) is 0.151. The summed E-state index contributed by atoms with van der Waals surface area (Å²) in [5, 5.41) is 0. The molecule has 1 aliphatic rings. The van der Waals surface area contributed by atoms with Gasteiger partial charge in [-0.25, -0.2) is 0 Å². The van der Waals surface area contributed by atoms with Crippen molar-refractivity contribution in [3.8, 4) is 0 Å². The van der Waals surface area contributed by atoms with Gasteiger partial charge in [-0.3, -0.25) is 4.79 Å². The van der Waals surface area contributed by atoms with Gasteiger partial charge in [-0.15, -0.1) is 0 Å². The number of nitrogens with two attached hydrogens (primary N) is 1. The quantitative estimate of drug-likeness (QED) is 0.576. The maximum atomic E-state index is 12.2. The highest BCUT2D eigenvalue weighted by atomic mass is 16.2. The first-order chi connectivity index (χ1) is 9.72. The van der Waals surface area contributed by atoms with E-state index in [0.29, 0.717) is 5.69 Å². The second-order valence-electron chi connectivity index (χ2n) is 5.76. The van der Waals surface area contributed by atoms with E-state index < -0.39 is 0 Å². The molecule has 0 spiro atoms. The Morgan fingerprint density at radius 3 is 2.55 bits per heavy atom. The van der Waals surface area contributed by atoms with E-state index in [2.05, 4.69) is 6.92 Å². The van der Waals surface area contributed by atoms with Crippen LogP contribution in [0.25, 0.3) is 0 Å². The van der Waals surface area contributed by atoms with Crippen molar-refractivity contribution < 1.29 is 4.79 Å². The minimum absolute atomic E-state index is 0.151. The van der Waals surface area contributed by atoms with E-state index >= 15 is 0 Å². The molecular formula is C17H26N2O. The van der Waals surface area contributed by atoms with E-state index in [1.807, 2.05) is 23.1 Å². The lowest BCUT2D eigenvalue weighted by Gasteiger charge is -2.15. The molecule has 3 heteroatoms. The molecule has 1 aromatic carbocycles. The van der Waals surface area contributed by atoms with Crippen molar-refractivity contribution in [2.24, 2.45) is 0 Å². The first-order valence-electron chi connectivity index (χ1n) is 7.90. The fourth-order valence-electron chi connectivity index (χ4n) is 2.82. The Bertz CT molecular complexity index is 456. The fourth-order valence-corrected chi connectivity index (χ4v) is 2.82. The monoisotopic (exact) mass is 274 g/mol. The standard InChI is InChI=1S/C17H26N2O/c1-2-3-4-5-6-7-8-11-19-13-14-9-10-15(18)12-16(14)17(19)20/h9-10,12H,2-8,11,13,18H2,1H3. The predicted octanol–water partition coefficient (Wildman–Crippen LogP) is 3.98. The fraction of sp³-hybridized carbons (Fsp3) is 0.588. The van der Waals surface area contributed by atoms with Gasteiger partial charge in [0.25, 0.3) is 5.91 Å². The number of unbranched alkanes of at least 4 members (excludes halogenated alkanes) is 6. The average molecular weight is 274 g/mol. The molecule has 2 N–H and O–H groups in total. The number of benzene rings is 1. The van der Waals surface area contributed by atoms with Crippen molar-refractivity contribution in [2.45, 2.75) is 58.4 Å². The van der Waals surface area contributed by atoms with Crippen LogP contribution in [0.1, 0.15) is 67.8 Å². The van der Waals surface area contributed by atoms with E-state index in [9.17, 15) is 4.79 Å². The molecule has 0 fully saturated rings. The molecular weight excluding hydrogens is 248 g/mol. The molecule has 0 aliphatic carbocycles. The summed E-state index contributed by atoms with van der Waals surface area (Å²) in [6.07, 6.45) is 8.96. The Morgan fingerprint density at radius 2 is 1.80 bits per heavy atom. The molecule has 0 saturated heterocycles. The molecule has 1 amide bonds. The summed E-state index contributed by atoms with van der Waals surface area (Å²) < 4.78 is 0. The van der Waals surface area contributed by atoms with E-state index in [1.165, 1.54) is 38.5 Å². The minimum Gasteiger partial charge on any atom is -0.399 e. The van der Waals surface area contributed by atoms with Crippen molar-refractivity contribution >= 4 is 11.6 Å². The van der Waals surface area contributed by atoms with Crippen molar-refractivity contribution in [1.29, 1.82) is 0 Å². The molecule has 0 unspecified atom stereocenters. The zero-order chi connectivity index (χ0) is 14.4. The van der Waals surface area contributed by atoms with Crippen LogP contribution in [0.2, 0.25) is 0 Å². The lowest BCUT2D eigenvalue weighted by molar-refractivity contribution is 0.0775. The lowest BCUT2D eigenvalue weighted by atomic mass is 10.1. The van der Waals surface area contributed by atoms with Gasteiger partial charge in [-0.2, -0.15) is 0 Å². The number of carbonyl (C=O) groups excluding carboxylic acids is 1. The summed E-state index contributed by atoms with van der Waals surface area (Å²) in [6, 6.07) is 5.67. The first kappa shape index (κ1) is 14.9. The van der Waals surface area contributed by atoms with Crippen molar-refractivity contribution in [1.82, 2.24) is 4.90 Å². The Hall–Kier alpha value is -1.51. The van der Waals surface area contributed by atoms with E-state index in [-0.39, 0.29) is 5.91 Å². The van der Waals surface area contributed by atoms with Crippen molar-refractivity contribution in [2.75, 3.05) is 12.3 Å². The number of carbonyl (C=O) groups is 1. The van der Waals surface area contributed by atoms with Crippen LogP contribution in [-0.2, 0) is 6.54 Å². The van der Waals surface area contributed by atoms with Crippen LogP contribution < -0.4 is 5.73 Å². The van der Waals surface area contributed by atoms with Crippen LogP contribution in [0.15, 0.2) is 18.2 Å². The van der Waals surface area contributed by atoms with Gasteiger partial charge in [0.15, 0.2) is 0 Å². The number of hydrogen-bond acceptors (Lipinski definition) is 2. The topological polar surface area (TPSA) is 46.3 Å². The van der Waals surface area contributed by atoms with E-state index in [1.54, 1.807) is 0 Å². The second kappa shape index (κ2) is 7.32. The van der Waals surface area contributed by atoms with Crippen LogP contribution in [-0.4, -0.2) is 17.4 Å². The molecule has 2 rings (SSSR count). The van der Waals surface area contributed by atoms with E-state index in [4.69, 9.17) is 5.73 Å². The smallest absolute Gasteiger partial charge is 0.254 e. The molecule has 1 aliphatic heterocycles. The molecule has 1 aromatic rings. The minimum atomic E-state index is 0.151. The maximum absolute atomic E-state index is 12.2. The maximum Gasteiger partial charge on any atom is 0.254 e. The van der Waals surface area contributed by atoms with Gasteiger partial charge in [0.05, 0.1) is 0 Å². The lowest BCUT2D eigenvalue weighted by Crippen LogP contribution is -2.24. The van der Waals surface area contributed by atoms with Crippen LogP contribution in [0, 0.1) is 0 Å². The SMILES string of the molecule is CCCCCCCCCN1Cc2ccc(N)cc2C1=O. The number of fused-ring (bicyclic) bond motifs is 1. The van der Waals surface area contributed by atoms with Crippen molar-refractivity contribution in [3.05, 3.63) is 29.3 Å². The summed E-state index contributed by atoms with van der Waals surface area (Å²) in [7, 11) is 0. The normalized spacial score (nSPS) is 13.8. The molecule has 0 saturated carbocycles. The van der Waals surface area contributed by atoms with E-state index in [0.717, 1.165) is 30.6 Å². The highest BCUT2D eigenvalue weighted by molar-refractivity contribution is 5.99. The first-order valence-corrected chi connectivity index (χ1v) is 7.90. The van der Waals surface area contributed by atoms with Gasteiger partial charge < -0.3 is 10.6 Å². The summed E-state index contributed by atoms with van der Waals surface area (Å²) in [5.41, 5.74) is 8.34. The Labute approximate surface area is 122 Å². The molecule has 0 atom stereocenters. The molecule has 1 heterocycles. The Morgan fingerprint density at radius 1 is 1.10 bits per heavy atom. The van der Waals surface area contributed by atoms with Gasteiger partial charge in [-0.1, -0.05) is 51.5 Å². The molecule has 110 valence electrons. The Balaban J connectivity index is 1.70. The zero-order valence-electron chi connectivity index (χ0n) is 12.5. The third kappa shape index (κ3) is 3.75. The van der Waals surface area contributed by atoms with Crippen LogP contribution in [0.3, 0.4) is 0 Å². The largest absolute Gasteiger partial charge is 0.399 e. The van der Waals surface area contributed by atoms with Crippen LogP contribution in [0.4, 0.5) is 5.69 Å². The Kier molecular flexibility index (Phi) is 5.45. The highest BCUT2D eigenvalue weighted by Gasteiger charge is 2.26. The van der Waals surface area contributed by atoms with Gasteiger partial charge in [-0.05, 0) is 24.1 Å². The molecule has 0 aromatic heterocycles. The third-order valence-corrected chi connectivity index (χ3v) is 4.04. The zero-order valence-corrected chi connectivity index (χ0v) is 12.5. The number of nitrogens with zero attached hydrogens (tertiary/aromatic N) is 1.